The molecule has 0 saturated heterocycles. The zero-order valence-corrected chi connectivity index (χ0v) is 5.43. The zero-order valence-electron chi connectivity index (χ0n) is 5.43. The van der Waals surface area contributed by atoms with Gasteiger partial charge in [-0.1, -0.05) is 12.0 Å². The summed E-state index contributed by atoms with van der Waals surface area (Å²) in [6.45, 7) is 1.44. The molecule has 6 nitrogen and oxygen atoms in total. The van der Waals surface area contributed by atoms with E-state index in [-0.39, 0.29) is 0 Å². The first-order valence-electron chi connectivity index (χ1n) is 2.62. The highest BCUT2D eigenvalue weighted by Crippen LogP contribution is 1.94. The van der Waals surface area contributed by atoms with Gasteiger partial charge in [0.2, 0.25) is 0 Å². The third-order valence-electron chi connectivity index (χ3n) is 1.04. The third-order valence-corrected chi connectivity index (χ3v) is 1.04. The highest BCUT2D eigenvalue weighted by atomic mass is 16.4. The minimum absolute atomic E-state index is 0.706. The molecule has 0 rings (SSSR count). The van der Waals surface area contributed by atoms with Crippen LogP contribution in [0.3, 0.4) is 0 Å². The summed E-state index contributed by atoms with van der Waals surface area (Å²) >= 11 is 0. The maximum absolute atomic E-state index is 10.1. The molecule has 0 radical (unpaired) electrons. The second-order valence-corrected chi connectivity index (χ2v) is 1.81. The Morgan fingerprint density at radius 1 is 1.90 bits per heavy atom. The molecule has 0 aromatic heterocycles. The topological polar surface area (TPSA) is 112 Å². The Hall–Kier alpha value is -1.26. The zero-order chi connectivity index (χ0) is 8.15. The molecule has 0 aromatic carbocycles. The summed E-state index contributed by atoms with van der Waals surface area (Å²) in [5, 5.41) is 11.4. The van der Waals surface area contributed by atoms with E-state index >= 15 is 0 Å². The maximum atomic E-state index is 10.1. The van der Waals surface area contributed by atoms with E-state index in [2.05, 4.69) is 10.0 Å². The SMILES string of the molecule is CC(N=[N+]=[N-])[C@H](N)C(=O)O. The first-order chi connectivity index (χ1) is 4.59. The molecule has 0 saturated carbocycles. The van der Waals surface area contributed by atoms with Gasteiger partial charge in [0.15, 0.2) is 0 Å². The molecule has 56 valence electrons. The smallest absolute Gasteiger partial charge is 0.320 e. The van der Waals surface area contributed by atoms with Crippen LogP contribution >= 0.6 is 0 Å². The molecule has 0 spiro atoms. The summed E-state index contributed by atoms with van der Waals surface area (Å²) in [7, 11) is 0. The first kappa shape index (κ1) is 8.74. The second kappa shape index (κ2) is 3.71. The maximum Gasteiger partial charge on any atom is 0.320 e. The largest absolute Gasteiger partial charge is 0.480 e. The quantitative estimate of drug-likeness (QED) is 0.332. The van der Waals surface area contributed by atoms with Crippen LogP contribution in [0.2, 0.25) is 0 Å². The van der Waals surface area contributed by atoms with Crippen LogP contribution in [0, 0.1) is 0 Å². The van der Waals surface area contributed by atoms with Gasteiger partial charge in [0.25, 0.3) is 0 Å². The van der Waals surface area contributed by atoms with Crippen molar-refractivity contribution in [2.75, 3.05) is 0 Å². The predicted octanol–water partition coefficient (Wildman–Crippen LogP) is 0.0971. The molecule has 10 heavy (non-hydrogen) atoms. The fourth-order valence-corrected chi connectivity index (χ4v) is 0.360. The molecule has 6 heteroatoms. The Balaban J connectivity index is 4.06. The molecule has 3 N–H and O–H groups in total. The molecule has 0 aliphatic heterocycles. The highest BCUT2D eigenvalue weighted by molar-refractivity contribution is 5.74. The lowest BCUT2D eigenvalue weighted by Crippen LogP contribution is -2.38. The van der Waals surface area contributed by atoms with Crippen LogP contribution in [0.15, 0.2) is 5.11 Å². The number of nitrogens with zero attached hydrogens (tertiary/aromatic N) is 3. The van der Waals surface area contributed by atoms with Crippen molar-refractivity contribution < 1.29 is 9.90 Å². The van der Waals surface area contributed by atoms with Crippen LogP contribution in [0.1, 0.15) is 6.92 Å². The lowest BCUT2D eigenvalue weighted by molar-refractivity contribution is -0.138. The van der Waals surface area contributed by atoms with E-state index in [1.165, 1.54) is 6.92 Å². The lowest BCUT2D eigenvalue weighted by Gasteiger charge is -2.07. The van der Waals surface area contributed by atoms with E-state index in [0.717, 1.165) is 0 Å². The van der Waals surface area contributed by atoms with Gasteiger partial charge in [0.05, 0.1) is 6.04 Å². The van der Waals surface area contributed by atoms with Gasteiger partial charge in [0, 0.05) is 4.91 Å². The Labute approximate surface area is 57.3 Å². The number of rotatable bonds is 3. The summed E-state index contributed by atoms with van der Waals surface area (Å²) in [5.74, 6) is -1.17. The van der Waals surface area contributed by atoms with Crippen LogP contribution in [-0.4, -0.2) is 23.2 Å². The average molecular weight is 144 g/mol. The van der Waals surface area contributed by atoms with E-state index in [4.69, 9.17) is 16.4 Å². The summed E-state index contributed by atoms with van der Waals surface area (Å²) in [6.07, 6.45) is 0. The number of aliphatic carboxylic acids is 1. The van der Waals surface area contributed by atoms with Gasteiger partial charge in [-0.2, -0.15) is 0 Å². The van der Waals surface area contributed by atoms with Crippen molar-refractivity contribution in [3.63, 3.8) is 0 Å². The van der Waals surface area contributed by atoms with Gasteiger partial charge >= 0.3 is 5.97 Å². The molecular weight excluding hydrogens is 136 g/mol. The first-order valence-corrected chi connectivity index (χ1v) is 2.62. The Bertz CT molecular complexity index is 168. The molecule has 1 unspecified atom stereocenters. The second-order valence-electron chi connectivity index (χ2n) is 1.81. The highest BCUT2D eigenvalue weighted by Gasteiger charge is 2.17. The minimum atomic E-state index is -1.17. The molecule has 0 fully saturated rings. The summed E-state index contributed by atoms with van der Waals surface area (Å²) < 4.78 is 0. The van der Waals surface area contributed by atoms with Gasteiger partial charge in [-0.25, -0.2) is 0 Å². The monoisotopic (exact) mass is 144 g/mol. The van der Waals surface area contributed by atoms with E-state index in [1.54, 1.807) is 0 Å². The summed E-state index contributed by atoms with van der Waals surface area (Å²) in [4.78, 5) is 12.5. The fourth-order valence-electron chi connectivity index (χ4n) is 0.360. The van der Waals surface area contributed by atoms with Gasteiger partial charge in [-0.05, 0) is 5.53 Å². The van der Waals surface area contributed by atoms with E-state index in [0.29, 0.717) is 0 Å². The van der Waals surface area contributed by atoms with Crippen molar-refractivity contribution in [2.45, 2.75) is 19.0 Å². The van der Waals surface area contributed by atoms with Crippen molar-refractivity contribution in [1.29, 1.82) is 0 Å². The number of nitrogens with two attached hydrogens (primary N) is 1. The summed E-state index contributed by atoms with van der Waals surface area (Å²) in [5.41, 5.74) is 13.0. The number of hydrogen-bond donors (Lipinski definition) is 2. The normalized spacial score (nSPS) is 15.0. The Morgan fingerprint density at radius 2 is 2.40 bits per heavy atom. The number of carboxylic acid groups (broad SMARTS) is 1. The molecule has 0 aromatic rings. The minimum Gasteiger partial charge on any atom is -0.480 e. The summed E-state index contributed by atoms with van der Waals surface area (Å²) in [6, 6.07) is -1.82. The number of hydrogen-bond acceptors (Lipinski definition) is 3. The van der Waals surface area contributed by atoms with Crippen LogP contribution < -0.4 is 5.73 Å². The van der Waals surface area contributed by atoms with Gasteiger partial charge in [-0.3, -0.25) is 4.79 Å². The van der Waals surface area contributed by atoms with E-state index in [9.17, 15) is 4.79 Å². The predicted molar refractivity (Wildman–Crippen MR) is 34.2 cm³/mol. The fraction of sp³-hybridized carbons (Fsp3) is 0.750. The molecule has 0 heterocycles. The van der Waals surface area contributed by atoms with Crippen LogP contribution in [0.5, 0.6) is 0 Å². The average Bonchev–Trinajstić information content (AvgIpc) is 1.87. The van der Waals surface area contributed by atoms with Crippen molar-refractivity contribution in [1.82, 2.24) is 0 Å². The number of carbonyl (C=O) groups is 1. The van der Waals surface area contributed by atoms with Crippen molar-refractivity contribution in [2.24, 2.45) is 10.8 Å². The van der Waals surface area contributed by atoms with Crippen LogP contribution in [0.25, 0.3) is 10.4 Å². The van der Waals surface area contributed by atoms with E-state index < -0.39 is 18.1 Å². The molecule has 2 atom stereocenters. The van der Waals surface area contributed by atoms with Crippen LogP contribution in [0.4, 0.5) is 0 Å². The van der Waals surface area contributed by atoms with Crippen molar-refractivity contribution >= 4 is 5.97 Å². The molecular formula is C4H8N4O2. The standard InChI is InChI=1S/C4H8N4O2/c1-2(7-8-6)3(5)4(9)10/h2-3H,5H2,1H3,(H,9,10)/t2?,3-/m0/s1. The molecule has 0 amide bonds. The van der Waals surface area contributed by atoms with E-state index in [1.807, 2.05) is 0 Å². The van der Waals surface area contributed by atoms with Crippen molar-refractivity contribution in [3.8, 4) is 0 Å². The Morgan fingerprint density at radius 3 is 2.70 bits per heavy atom. The van der Waals surface area contributed by atoms with Crippen LogP contribution in [-0.2, 0) is 4.79 Å². The molecule has 0 aliphatic rings. The molecule has 0 aliphatic carbocycles. The lowest BCUT2D eigenvalue weighted by atomic mass is 10.2. The van der Waals surface area contributed by atoms with Gasteiger partial charge < -0.3 is 10.8 Å². The van der Waals surface area contributed by atoms with Crippen molar-refractivity contribution in [3.05, 3.63) is 10.4 Å². The number of azide groups is 1. The Kier molecular flexibility index (Phi) is 3.24. The van der Waals surface area contributed by atoms with Gasteiger partial charge in [0.1, 0.15) is 6.04 Å². The molecule has 0 bridgehead atoms. The third kappa shape index (κ3) is 2.34. The number of carboxylic acids is 1. The van der Waals surface area contributed by atoms with Gasteiger partial charge in [-0.15, -0.1) is 0 Å².